The maximum Gasteiger partial charge on any atom is 0.309 e. The van der Waals surface area contributed by atoms with Crippen LogP contribution in [0, 0.1) is 48.3 Å². The first-order chi connectivity index (χ1) is 32.1. The minimum absolute atomic E-state index is 0.117. The predicted octanol–water partition coefficient (Wildman–Crippen LogP) is 8.50. The number of hydrogen-bond acceptors (Lipinski definition) is 16. The van der Waals surface area contributed by atoms with Gasteiger partial charge in [-0.2, -0.15) is 0 Å². The number of carbonyl (C=O) groups is 6. The molecule has 0 bridgehead atoms. The molecule has 382 valence electrons. The molecule has 4 heterocycles. The van der Waals surface area contributed by atoms with E-state index in [0.29, 0.717) is 25.7 Å². The maximum atomic E-state index is 13.2. The number of aryl methyl sites for hydroxylation is 2. The fourth-order valence-electron chi connectivity index (χ4n) is 8.25. The number of ketones is 4. The zero-order valence-corrected chi connectivity index (χ0v) is 44.4. The topological polar surface area (TPSA) is 228 Å². The van der Waals surface area contributed by atoms with Crippen molar-refractivity contribution in [1.29, 1.82) is 0 Å². The summed E-state index contributed by atoms with van der Waals surface area (Å²) in [5, 5.41) is 48.6. The molecular weight excluding hydrogens is 921 g/mol. The number of rotatable bonds is 4. The highest BCUT2D eigenvalue weighted by Gasteiger charge is 2.45. The van der Waals surface area contributed by atoms with E-state index in [-0.39, 0.29) is 37.2 Å². The Morgan fingerprint density at radius 1 is 0.609 bits per heavy atom. The number of aliphatic hydroxyl groups is 4. The van der Waals surface area contributed by atoms with Crippen molar-refractivity contribution in [2.45, 2.75) is 178 Å². The van der Waals surface area contributed by atoms with Gasteiger partial charge in [-0.05, 0) is 70.8 Å². The zero-order chi connectivity index (χ0) is 52.1. The summed E-state index contributed by atoms with van der Waals surface area (Å²) in [5.41, 5.74) is 1.52. The van der Waals surface area contributed by atoms with Gasteiger partial charge in [-0.3, -0.25) is 28.8 Å². The minimum atomic E-state index is -1.31. The second-order valence-electron chi connectivity index (χ2n) is 20.0. The molecule has 0 fully saturated rings. The van der Waals surface area contributed by atoms with E-state index in [1.54, 1.807) is 55.4 Å². The molecule has 2 aliphatic heterocycles. The number of ether oxygens (including phenoxy) is 2. The Morgan fingerprint density at radius 3 is 1.42 bits per heavy atom. The van der Waals surface area contributed by atoms with Gasteiger partial charge in [0.15, 0.2) is 0 Å². The number of Topliss-reactive ketones (excluding diaryl/α,β-unsaturated/α-hetero) is 4. The van der Waals surface area contributed by atoms with Gasteiger partial charge < -0.3 is 29.9 Å². The van der Waals surface area contributed by atoms with Crippen LogP contribution < -0.4 is 0 Å². The smallest absolute Gasteiger partial charge is 0.309 e. The van der Waals surface area contributed by atoms with Gasteiger partial charge in [-0.25, -0.2) is 9.97 Å². The van der Waals surface area contributed by atoms with Crippen molar-refractivity contribution in [2.75, 3.05) is 0 Å². The largest absolute Gasteiger partial charge is 0.457 e. The minimum Gasteiger partial charge on any atom is -0.457 e. The summed E-state index contributed by atoms with van der Waals surface area (Å²) < 4.78 is 11.5. The summed E-state index contributed by atoms with van der Waals surface area (Å²) in [7, 11) is 0. The SMILES string of the molecule is C/C(=C\c1csc(C)n1)[C@@H]1C/C=C\CCC(=O)[C@H](C)[C@H](O)[C@@H](C)C(=O)C(C)(C)[C@@H](O)CC(=O)O1.C/C1=C/C[C@@H](/C(C)=C/c2csc(C)n2)OC(=O)C[C@H](O)C(C)(C)C(=O)[C@H](C)[C@@H](O)[C@@H](C)C(=O)CC1. The first kappa shape index (κ1) is 59.0. The van der Waals surface area contributed by atoms with Crippen LogP contribution >= 0.6 is 22.7 Å². The second kappa shape index (κ2) is 26.2. The lowest BCUT2D eigenvalue weighted by atomic mass is 9.73. The molecule has 0 saturated carbocycles. The van der Waals surface area contributed by atoms with Gasteiger partial charge in [0.25, 0.3) is 0 Å². The van der Waals surface area contributed by atoms with Crippen molar-refractivity contribution < 1.29 is 58.7 Å². The van der Waals surface area contributed by atoms with Gasteiger partial charge in [0.05, 0.1) is 69.5 Å². The molecule has 0 unspecified atom stereocenters. The van der Waals surface area contributed by atoms with Crippen LogP contribution in [0.5, 0.6) is 0 Å². The monoisotopic (exact) mass is 996 g/mol. The molecule has 14 nitrogen and oxygen atoms in total. The van der Waals surface area contributed by atoms with Crippen molar-refractivity contribution in [2.24, 2.45) is 34.5 Å². The molecule has 2 aromatic heterocycles. The summed E-state index contributed by atoms with van der Waals surface area (Å²) >= 11 is 3.06. The Morgan fingerprint density at radius 2 is 1.01 bits per heavy atom. The third-order valence-corrected chi connectivity index (χ3v) is 15.2. The van der Waals surface area contributed by atoms with E-state index in [1.165, 1.54) is 22.7 Å². The van der Waals surface area contributed by atoms with Gasteiger partial charge in [-0.1, -0.05) is 79.2 Å². The molecule has 16 heteroatoms. The maximum absolute atomic E-state index is 13.2. The van der Waals surface area contributed by atoms with Gasteiger partial charge >= 0.3 is 11.9 Å². The molecule has 0 radical (unpaired) electrons. The van der Waals surface area contributed by atoms with Crippen LogP contribution in [0.1, 0.15) is 149 Å². The number of aliphatic hydroxyl groups excluding tert-OH is 4. The third-order valence-electron chi connectivity index (χ3n) is 13.7. The van der Waals surface area contributed by atoms with Crippen molar-refractivity contribution in [1.82, 2.24) is 9.97 Å². The lowest BCUT2D eigenvalue weighted by Crippen LogP contribution is -2.46. The first-order valence-corrected chi connectivity index (χ1v) is 25.6. The third kappa shape index (κ3) is 16.9. The number of esters is 2. The number of aromatic nitrogens is 2. The quantitative estimate of drug-likeness (QED) is 0.166. The van der Waals surface area contributed by atoms with E-state index in [1.807, 2.05) is 75.8 Å². The molecule has 0 amide bonds. The normalized spacial score (nSPS) is 31.4. The number of cyclic esters (lactones) is 2. The number of carbonyl (C=O) groups excluding carboxylic acids is 6. The zero-order valence-electron chi connectivity index (χ0n) is 42.7. The fourth-order valence-corrected chi connectivity index (χ4v) is 9.39. The fraction of sp³-hybridized carbons (Fsp3) is 0.623. The summed E-state index contributed by atoms with van der Waals surface area (Å²) in [5.74, 6) is -5.45. The molecule has 10 atom stereocenters. The van der Waals surface area contributed by atoms with E-state index in [0.717, 1.165) is 38.1 Å². The summed E-state index contributed by atoms with van der Waals surface area (Å²) in [4.78, 5) is 86.0. The lowest BCUT2D eigenvalue weighted by Gasteiger charge is -2.34. The van der Waals surface area contributed by atoms with Crippen LogP contribution in [-0.4, -0.2) is 102 Å². The number of nitrogens with zero attached hydrogens (tertiary/aromatic N) is 2. The Labute approximate surface area is 416 Å². The molecule has 2 aliphatic rings. The summed E-state index contributed by atoms with van der Waals surface area (Å²) in [6.45, 7) is 22.0. The molecule has 0 aliphatic carbocycles. The number of thiazole rings is 2. The average Bonchev–Trinajstić information content (AvgIpc) is 3.91. The molecule has 4 N–H and O–H groups in total. The average molecular weight is 997 g/mol. The van der Waals surface area contributed by atoms with Crippen LogP contribution in [0.15, 0.2) is 45.7 Å². The van der Waals surface area contributed by atoms with Crippen LogP contribution in [0.2, 0.25) is 0 Å². The lowest BCUT2D eigenvalue weighted by molar-refractivity contribution is -0.156. The van der Waals surface area contributed by atoms with E-state index in [9.17, 15) is 49.2 Å². The summed E-state index contributed by atoms with van der Waals surface area (Å²) in [6, 6.07) is 0. The van der Waals surface area contributed by atoms with Crippen LogP contribution in [0.4, 0.5) is 0 Å². The second-order valence-corrected chi connectivity index (χ2v) is 22.2. The predicted molar refractivity (Wildman–Crippen MR) is 269 cm³/mol. The molecule has 0 saturated heterocycles. The molecule has 2 aromatic rings. The standard InChI is InChI=1S/C27H39NO6S.C26H37NO6S/c1-15-8-10-21(29)17(3)25(32)18(4)26(33)27(6,7)23(30)13-24(31)34-22(11-9-15)16(2)12-20-14-35-19(5)28-20;1-15(12-19-14-34-18(4)27-19)21-11-9-7-8-10-20(28)16(2)24(31)17(3)25(32)26(5,6)22(29)13-23(30)33-21/h9,12,14,17-18,22-23,25,30,32H,8,10-11,13H2,1-7H3;7,9,12,14,16-17,21-22,24,29,31H,8,10-11,13H2,1-6H3/b15-9-,16-12+;9-7-,15-12+/t17-,18+,22-,23-,25-;16-,17+,21-,22-,24-/m00/s1. The number of hydrogen-bond donors (Lipinski definition) is 4. The molecule has 0 spiro atoms. The van der Waals surface area contributed by atoms with E-state index < -0.39 is 94.6 Å². The van der Waals surface area contributed by atoms with Crippen LogP contribution in [0.25, 0.3) is 12.2 Å². The van der Waals surface area contributed by atoms with Crippen molar-refractivity contribution in [3.05, 3.63) is 67.1 Å². The molecular formula is C53H76N2O12S2. The Hall–Kier alpha value is -4.32. The first-order valence-electron chi connectivity index (χ1n) is 23.8. The van der Waals surface area contributed by atoms with Crippen molar-refractivity contribution >= 4 is 69.9 Å². The highest BCUT2D eigenvalue weighted by Crippen LogP contribution is 2.34. The molecule has 69 heavy (non-hydrogen) atoms. The Bertz CT molecular complexity index is 2250. The summed E-state index contributed by atoms with van der Waals surface area (Å²) in [6.07, 6.45) is 4.89. The van der Waals surface area contributed by atoms with Gasteiger partial charge in [-0.15, -0.1) is 22.7 Å². The van der Waals surface area contributed by atoms with Crippen LogP contribution in [-0.2, 0) is 38.2 Å². The van der Waals surface area contributed by atoms with E-state index in [2.05, 4.69) is 9.97 Å². The van der Waals surface area contributed by atoms with E-state index in [4.69, 9.17) is 9.47 Å². The van der Waals surface area contributed by atoms with Gasteiger partial charge in [0, 0.05) is 60.1 Å². The number of allylic oxidation sites excluding steroid dienone is 2. The highest BCUT2D eigenvalue weighted by atomic mass is 32.1. The Kier molecular flexibility index (Phi) is 22.4. The molecule has 0 aromatic carbocycles. The van der Waals surface area contributed by atoms with Crippen LogP contribution in [0.3, 0.4) is 0 Å². The van der Waals surface area contributed by atoms with Crippen molar-refractivity contribution in [3.63, 3.8) is 0 Å². The van der Waals surface area contributed by atoms with Crippen molar-refractivity contribution in [3.8, 4) is 0 Å². The Balaban J connectivity index is 0.000000365. The van der Waals surface area contributed by atoms with E-state index >= 15 is 0 Å². The van der Waals surface area contributed by atoms with Gasteiger partial charge in [0.2, 0.25) is 0 Å². The highest BCUT2D eigenvalue weighted by molar-refractivity contribution is 7.09. The van der Waals surface area contributed by atoms with Gasteiger partial charge in [0.1, 0.15) is 35.3 Å². The molecule has 4 rings (SSSR count).